The fourth-order valence-electron chi connectivity index (χ4n) is 3.26. The Morgan fingerprint density at radius 2 is 2.19 bits per heavy atom. The molecule has 1 N–H and O–H groups in total. The molecule has 0 aromatic rings. The molecule has 92 valence electrons. The highest BCUT2D eigenvalue weighted by Crippen LogP contribution is 2.29. The van der Waals surface area contributed by atoms with Gasteiger partial charge in [0.2, 0.25) is 0 Å². The van der Waals surface area contributed by atoms with E-state index in [1.807, 2.05) is 0 Å². The Bertz CT molecular complexity index is 242. The number of carbonyl (C=O) groups excluding carboxylic acids is 1. The number of ketones is 1. The second-order valence-corrected chi connectivity index (χ2v) is 5.19. The quantitative estimate of drug-likeness (QED) is 0.792. The van der Waals surface area contributed by atoms with Crippen molar-refractivity contribution in [3.8, 4) is 0 Å². The monoisotopic (exact) mass is 225 g/mol. The molecule has 2 atom stereocenters. The average molecular weight is 225 g/mol. The van der Waals surface area contributed by atoms with Crippen LogP contribution >= 0.6 is 0 Å². The van der Waals surface area contributed by atoms with Crippen molar-refractivity contribution in [1.82, 2.24) is 4.90 Å². The summed E-state index contributed by atoms with van der Waals surface area (Å²) < 4.78 is 0. The van der Waals surface area contributed by atoms with Gasteiger partial charge in [-0.25, -0.2) is 0 Å². The Morgan fingerprint density at radius 3 is 2.94 bits per heavy atom. The number of likely N-dealkylation sites (tertiary alicyclic amines) is 1. The van der Waals surface area contributed by atoms with Crippen LogP contribution in [0, 0.1) is 0 Å². The largest absolute Gasteiger partial charge is 0.396 e. The summed E-state index contributed by atoms with van der Waals surface area (Å²) in [5.41, 5.74) is 0. The van der Waals surface area contributed by atoms with E-state index in [0.717, 1.165) is 38.6 Å². The second-order valence-electron chi connectivity index (χ2n) is 5.19. The molecule has 1 aliphatic heterocycles. The summed E-state index contributed by atoms with van der Waals surface area (Å²) in [5, 5.41) is 8.89. The summed E-state index contributed by atoms with van der Waals surface area (Å²) >= 11 is 0. The topological polar surface area (TPSA) is 40.5 Å². The summed E-state index contributed by atoms with van der Waals surface area (Å²) in [4.78, 5) is 14.0. The van der Waals surface area contributed by atoms with Crippen LogP contribution in [-0.4, -0.2) is 41.0 Å². The zero-order chi connectivity index (χ0) is 11.4. The maximum Gasteiger partial charge on any atom is 0.134 e. The van der Waals surface area contributed by atoms with Gasteiger partial charge in [-0.2, -0.15) is 0 Å². The van der Waals surface area contributed by atoms with Gasteiger partial charge >= 0.3 is 0 Å². The van der Waals surface area contributed by atoms with E-state index < -0.39 is 0 Å². The minimum atomic E-state index is 0.300. The first kappa shape index (κ1) is 12.1. The van der Waals surface area contributed by atoms with Crippen molar-refractivity contribution in [1.29, 1.82) is 0 Å². The molecule has 2 unspecified atom stereocenters. The molecular weight excluding hydrogens is 202 g/mol. The maximum atomic E-state index is 11.5. The Labute approximate surface area is 97.8 Å². The third kappa shape index (κ3) is 2.83. The van der Waals surface area contributed by atoms with E-state index in [0.29, 0.717) is 24.5 Å². The third-order valence-corrected chi connectivity index (χ3v) is 4.04. The van der Waals surface area contributed by atoms with Crippen LogP contribution < -0.4 is 0 Å². The molecule has 1 saturated carbocycles. The maximum absolute atomic E-state index is 11.5. The average Bonchev–Trinajstić information content (AvgIpc) is 2.74. The number of rotatable bonds is 4. The lowest BCUT2D eigenvalue weighted by Gasteiger charge is -2.35. The SMILES string of the molecule is O=C1CCCC(N2CCCC2CCCO)C1. The van der Waals surface area contributed by atoms with Crippen molar-refractivity contribution in [2.24, 2.45) is 0 Å². The normalized spacial score (nSPS) is 32.2. The Balaban J connectivity index is 1.88. The molecule has 16 heavy (non-hydrogen) atoms. The van der Waals surface area contributed by atoms with E-state index >= 15 is 0 Å². The molecule has 1 heterocycles. The number of carbonyl (C=O) groups is 1. The van der Waals surface area contributed by atoms with Crippen molar-refractivity contribution in [3.63, 3.8) is 0 Å². The lowest BCUT2D eigenvalue weighted by atomic mass is 9.92. The minimum absolute atomic E-state index is 0.300. The molecule has 0 aromatic carbocycles. The van der Waals surface area contributed by atoms with Crippen LogP contribution in [0.4, 0.5) is 0 Å². The van der Waals surface area contributed by atoms with Gasteiger partial charge in [-0.1, -0.05) is 0 Å². The predicted octanol–water partition coefficient (Wildman–Crippen LogP) is 1.73. The van der Waals surface area contributed by atoms with Gasteiger partial charge in [0.05, 0.1) is 0 Å². The summed E-state index contributed by atoms with van der Waals surface area (Å²) in [6.45, 7) is 1.46. The van der Waals surface area contributed by atoms with Crippen LogP contribution in [0.25, 0.3) is 0 Å². The summed E-state index contributed by atoms with van der Waals surface area (Å²) in [7, 11) is 0. The zero-order valence-corrected chi connectivity index (χ0v) is 10.0. The van der Waals surface area contributed by atoms with Crippen LogP contribution in [0.3, 0.4) is 0 Å². The number of aliphatic hydroxyl groups excluding tert-OH is 1. The molecule has 3 nitrogen and oxygen atoms in total. The number of aliphatic hydroxyl groups is 1. The fourth-order valence-corrected chi connectivity index (χ4v) is 3.26. The number of hydrogen-bond acceptors (Lipinski definition) is 3. The highest BCUT2D eigenvalue weighted by Gasteiger charge is 2.32. The molecule has 0 aromatic heterocycles. The van der Waals surface area contributed by atoms with Crippen molar-refractivity contribution >= 4 is 5.78 Å². The molecule has 1 saturated heterocycles. The first-order chi connectivity index (χ1) is 7.81. The highest BCUT2D eigenvalue weighted by atomic mass is 16.2. The van der Waals surface area contributed by atoms with Crippen LogP contribution in [0.15, 0.2) is 0 Å². The number of nitrogens with zero attached hydrogens (tertiary/aromatic N) is 1. The highest BCUT2D eigenvalue weighted by molar-refractivity contribution is 5.79. The van der Waals surface area contributed by atoms with E-state index in [9.17, 15) is 4.79 Å². The first-order valence-electron chi connectivity index (χ1n) is 6.69. The number of Topliss-reactive ketones (excluding diaryl/α,β-unsaturated/α-hetero) is 1. The Morgan fingerprint density at radius 1 is 1.31 bits per heavy atom. The summed E-state index contributed by atoms with van der Waals surface area (Å²) in [6.07, 6.45) is 8.36. The van der Waals surface area contributed by atoms with E-state index in [2.05, 4.69) is 4.90 Å². The number of hydrogen-bond donors (Lipinski definition) is 1. The predicted molar refractivity (Wildman–Crippen MR) is 63.3 cm³/mol. The molecule has 2 fully saturated rings. The lowest BCUT2D eigenvalue weighted by molar-refractivity contribution is -0.122. The van der Waals surface area contributed by atoms with E-state index in [4.69, 9.17) is 5.11 Å². The van der Waals surface area contributed by atoms with Crippen molar-refractivity contribution < 1.29 is 9.90 Å². The van der Waals surface area contributed by atoms with E-state index in [-0.39, 0.29) is 0 Å². The minimum Gasteiger partial charge on any atom is -0.396 e. The molecule has 0 spiro atoms. The van der Waals surface area contributed by atoms with Gasteiger partial charge in [0.1, 0.15) is 5.78 Å². The standard InChI is InChI=1S/C13H23NO2/c15-9-3-6-11-5-2-8-14(11)12-4-1-7-13(16)10-12/h11-12,15H,1-10H2. The fraction of sp³-hybridized carbons (Fsp3) is 0.923. The smallest absolute Gasteiger partial charge is 0.134 e. The van der Waals surface area contributed by atoms with Crippen LogP contribution in [0.5, 0.6) is 0 Å². The molecule has 0 amide bonds. The van der Waals surface area contributed by atoms with Gasteiger partial charge in [-0.05, 0) is 45.1 Å². The van der Waals surface area contributed by atoms with E-state index in [1.54, 1.807) is 0 Å². The molecular formula is C13H23NO2. The van der Waals surface area contributed by atoms with Gasteiger partial charge in [-0.15, -0.1) is 0 Å². The van der Waals surface area contributed by atoms with Gasteiger partial charge in [0, 0.05) is 31.5 Å². The van der Waals surface area contributed by atoms with Crippen molar-refractivity contribution in [2.45, 2.75) is 63.5 Å². The second kappa shape index (κ2) is 5.78. The molecule has 2 rings (SSSR count). The lowest BCUT2D eigenvalue weighted by Crippen LogP contribution is -2.42. The molecule has 3 heteroatoms. The molecule has 2 aliphatic rings. The summed E-state index contributed by atoms with van der Waals surface area (Å²) in [5.74, 6) is 0.448. The third-order valence-electron chi connectivity index (χ3n) is 4.04. The van der Waals surface area contributed by atoms with Gasteiger partial charge in [0.25, 0.3) is 0 Å². The van der Waals surface area contributed by atoms with Crippen molar-refractivity contribution in [3.05, 3.63) is 0 Å². The van der Waals surface area contributed by atoms with Gasteiger partial charge in [-0.3, -0.25) is 9.69 Å². The van der Waals surface area contributed by atoms with Crippen LogP contribution in [0.2, 0.25) is 0 Å². The molecule has 1 aliphatic carbocycles. The first-order valence-corrected chi connectivity index (χ1v) is 6.69. The summed E-state index contributed by atoms with van der Waals surface area (Å²) in [6, 6.07) is 1.13. The zero-order valence-electron chi connectivity index (χ0n) is 10.0. The Hall–Kier alpha value is -0.410. The van der Waals surface area contributed by atoms with Gasteiger partial charge < -0.3 is 5.11 Å². The van der Waals surface area contributed by atoms with Crippen LogP contribution in [0.1, 0.15) is 51.4 Å². The molecule has 0 radical (unpaired) electrons. The van der Waals surface area contributed by atoms with Crippen LogP contribution in [-0.2, 0) is 4.79 Å². The van der Waals surface area contributed by atoms with Crippen molar-refractivity contribution in [2.75, 3.05) is 13.2 Å². The van der Waals surface area contributed by atoms with E-state index in [1.165, 1.54) is 19.3 Å². The Kier molecular flexibility index (Phi) is 4.36. The van der Waals surface area contributed by atoms with Gasteiger partial charge in [0.15, 0.2) is 0 Å². The molecule has 0 bridgehead atoms.